The Morgan fingerprint density at radius 3 is 3.00 bits per heavy atom. The van der Waals surface area contributed by atoms with Gasteiger partial charge in [-0.15, -0.1) is 0 Å². The smallest absolute Gasteiger partial charge is 0.450 e. The van der Waals surface area contributed by atoms with Crippen molar-refractivity contribution < 1.29 is 14.6 Å². The van der Waals surface area contributed by atoms with E-state index in [2.05, 4.69) is 14.7 Å². The largest absolute Gasteiger partial charge is 0.506 e. The van der Waals surface area contributed by atoms with Gasteiger partial charge in [0.2, 0.25) is 0 Å². The quantitative estimate of drug-likeness (QED) is 0.634. The molecule has 0 bridgehead atoms. The highest BCUT2D eigenvalue weighted by molar-refractivity contribution is 5.56. The van der Waals surface area contributed by atoms with E-state index in [1.54, 1.807) is 0 Å². The second-order valence-electron chi connectivity index (χ2n) is 1.75. The summed E-state index contributed by atoms with van der Waals surface area (Å²) < 4.78 is 4.24. The van der Waals surface area contributed by atoms with Gasteiger partial charge in [-0.05, 0) is 0 Å². The first kappa shape index (κ1) is 7.46. The van der Waals surface area contributed by atoms with E-state index in [4.69, 9.17) is 5.11 Å². The Kier molecular flexibility index (Phi) is 2.37. The number of ether oxygens (including phenoxy) is 1. The van der Waals surface area contributed by atoms with Crippen LogP contribution < -0.4 is 0 Å². The van der Waals surface area contributed by atoms with Gasteiger partial charge in [-0.25, -0.2) is 4.79 Å². The first-order valence-electron chi connectivity index (χ1n) is 2.89. The summed E-state index contributed by atoms with van der Waals surface area (Å²) in [5, 5.41) is 8.10. The van der Waals surface area contributed by atoms with E-state index in [9.17, 15) is 4.79 Å². The number of aromatic nitrogens is 2. The fraction of sp³-hybridized carbons (Fsp3) is 0.167. The van der Waals surface area contributed by atoms with Crippen molar-refractivity contribution in [3.8, 4) is 0 Å². The van der Waals surface area contributed by atoms with E-state index >= 15 is 0 Å². The number of nitrogens with zero attached hydrogens (tertiary/aromatic N) is 2. The highest BCUT2D eigenvalue weighted by atomic mass is 16.7. The summed E-state index contributed by atoms with van der Waals surface area (Å²) in [4.78, 5) is 17.4. The molecule has 1 aromatic heterocycles. The van der Waals surface area contributed by atoms with Crippen LogP contribution in [-0.4, -0.2) is 21.2 Å². The lowest BCUT2D eigenvalue weighted by Crippen LogP contribution is -2.01. The maximum atomic E-state index is 9.90. The molecular weight excluding hydrogens is 148 g/mol. The minimum absolute atomic E-state index is 0.0524. The Balaban J connectivity index is 2.45. The summed E-state index contributed by atoms with van der Waals surface area (Å²) in [5.41, 5.74) is 0.495. The molecule has 0 aliphatic heterocycles. The van der Waals surface area contributed by atoms with Crippen molar-refractivity contribution >= 4 is 6.16 Å². The summed E-state index contributed by atoms with van der Waals surface area (Å²) in [6, 6.07) is 0. The molecule has 0 spiro atoms. The third-order valence-electron chi connectivity index (χ3n) is 0.960. The van der Waals surface area contributed by atoms with Crippen LogP contribution in [0.25, 0.3) is 0 Å². The molecule has 5 heteroatoms. The number of rotatable bonds is 2. The maximum absolute atomic E-state index is 9.90. The van der Waals surface area contributed by atoms with Crippen LogP contribution in [0.15, 0.2) is 18.6 Å². The van der Waals surface area contributed by atoms with Crippen molar-refractivity contribution in [3.05, 3.63) is 24.3 Å². The van der Waals surface area contributed by atoms with Gasteiger partial charge < -0.3 is 9.84 Å². The number of hydrogen-bond donors (Lipinski definition) is 1. The fourth-order valence-electron chi connectivity index (χ4n) is 0.540. The molecule has 5 nitrogen and oxygen atoms in total. The van der Waals surface area contributed by atoms with Crippen LogP contribution >= 0.6 is 0 Å². The Labute approximate surface area is 62.7 Å². The Morgan fingerprint density at radius 1 is 1.64 bits per heavy atom. The highest BCUT2D eigenvalue weighted by Gasteiger charge is 1.97. The zero-order chi connectivity index (χ0) is 8.10. The molecule has 0 saturated heterocycles. The topological polar surface area (TPSA) is 72.3 Å². The van der Waals surface area contributed by atoms with E-state index < -0.39 is 6.16 Å². The molecular formula is C6H6N2O3. The second-order valence-corrected chi connectivity index (χ2v) is 1.75. The second kappa shape index (κ2) is 3.50. The molecule has 0 fully saturated rings. The van der Waals surface area contributed by atoms with E-state index in [1.807, 2.05) is 0 Å². The minimum Gasteiger partial charge on any atom is -0.450 e. The first-order valence-corrected chi connectivity index (χ1v) is 2.89. The maximum Gasteiger partial charge on any atom is 0.506 e. The van der Waals surface area contributed by atoms with E-state index in [-0.39, 0.29) is 6.61 Å². The Hall–Kier alpha value is -1.65. The molecule has 0 radical (unpaired) electrons. The van der Waals surface area contributed by atoms with Crippen LogP contribution in [0.4, 0.5) is 4.79 Å². The van der Waals surface area contributed by atoms with Gasteiger partial charge in [0.15, 0.2) is 0 Å². The van der Waals surface area contributed by atoms with Gasteiger partial charge in [0.25, 0.3) is 0 Å². The van der Waals surface area contributed by atoms with Crippen molar-refractivity contribution in [3.63, 3.8) is 0 Å². The van der Waals surface area contributed by atoms with Gasteiger partial charge in [0.1, 0.15) is 6.61 Å². The van der Waals surface area contributed by atoms with Crippen LogP contribution in [-0.2, 0) is 11.3 Å². The van der Waals surface area contributed by atoms with Crippen molar-refractivity contribution in [2.75, 3.05) is 0 Å². The SMILES string of the molecule is O=C(O)OCc1cnccn1. The first-order chi connectivity index (χ1) is 5.29. The van der Waals surface area contributed by atoms with Crippen LogP contribution in [0.2, 0.25) is 0 Å². The lowest BCUT2D eigenvalue weighted by molar-refractivity contribution is 0.0842. The average Bonchev–Trinajstić information content (AvgIpc) is 2.03. The fourth-order valence-corrected chi connectivity index (χ4v) is 0.540. The lowest BCUT2D eigenvalue weighted by atomic mass is 10.5. The predicted molar refractivity (Wildman–Crippen MR) is 34.8 cm³/mol. The summed E-state index contributed by atoms with van der Waals surface area (Å²) >= 11 is 0. The molecule has 11 heavy (non-hydrogen) atoms. The highest BCUT2D eigenvalue weighted by Crippen LogP contribution is 1.92. The Morgan fingerprint density at radius 2 is 2.45 bits per heavy atom. The number of hydrogen-bond acceptors (Lipinski definition) is 4. The van der Waals surface area contributed by atoms with Gasteiger partial charge in [0.05, 0.1) is 11.9 Å². The van der Waals surface area contributed by atoms with Crippen LogP contribution in [0.1, 0.15) is 5.69 Å². The number of carboxylic acid groups (broad SMARTS) is 1. The number of carbonyl (C=O) groups is 1. The molecule has 0 saturated carbocycles. The molecule has 0 amide bonds. The molecule has 58 valence electrons. The summed E-state index contributed by atoms with van der Waals surface area (Å²) in [7, 11) is 0. The molecule has 0 aliphatic carbocycles. The van der Waals surface area contributed by atoms with Crippen molar-refractivity contribution in [1.82, 2.24) is 9.97 Å². The predicted octanol–water partition coefficient (Wildman–Crippen LogP) is 0.671. The van der Waals surface area contributed by atoms with Gasteiger partial charge in [-0.2, -0.15) is 0 Å². The molecule has 0 atom stereocenters. The van der Waals surface area contributed by atoms with Gasteiger partial charge in [-0.1, -0.05) is 0 Å². The summed E-state index contributed by atoms with van der Waals surface area (Å²) in [5.74, 6) is 0. The molecule has 0 unspecified atom stereocenters. The zero-order valence-electron chi connectivity index (χ0n) is 5.60. The molecule has 0 aromatic carbocycles. The minimum atomic E-state index is -1.31. The molecule has 1 aromatic rings. The monoisotopic (exact) mass is 154 g/mol. The van der Waals surface area contributed by atoms with Gasteiger partial charge in [0, 0.05) is 12.4 Å². The van der Waals surface area contributed by atoms with E-state index in [0.29, 0.717) is 5.69 Å². The normalized spacial score (nSPS) is 9.09. The molecule has 1 N–H and O–H groups in total. The molecule has 0 aliphatic rings. The van der Waals surface area contributed by atoms with Crippen molar-refractivity contribution in [2.45, 2.75) is 6.61 Å². The lowest BCUT2D eigenvalue weighted by Gasteiger charge is -1.96. The standard InChI is InChI=1S/C6H6N2O3/c9-6(10)11-4-5-3-7-1-2-8-5/h1-3H,4H2,(H,9,10). The van der Waals surface area contributed by atoms with E-state index in [1.165, 1.54) is 18.6 Å². The Bertz CT molecular complexity index is 237. The zero-order valence-corrected chi connectivity index (χ0v) is 5.60. The summed E-state index contributed by atoms with van der Waals surface area (Å²) in [6.45, 7) is -0.0524. The van der Waals surface area contributed by atoms with Crippen molar-refractivity contribution in [2.24, 2.45) is 0 Å². The molecule has 1 rings (SSSR count). The third-order valence-corrected chi connectivity index (χ3v) is 0.960. The van der Waals surface area contributed by atoms with Gasteiger partial charge >= 0.3 is 6.16 Å². The average molecular weight is 154 g/mol. The van der Waals surface area contributed by atoms with Crippen LogP contribution in [0, 0.1) is 0 Å². The van der Waals surface area contributed by atoms with Crippen LogP contribution in [0.3, 0.4) is 0 Å². The third kappa shape index (κ3) is 2.61. The van der Waals surface area contributed by atoms with E-state index in [0.717, 1.165) is 0 Å². The van der Waals surface area contributed by atoms with Crippen molar-refractivity contribution in [1.29, 1.82) is 0 Å². The molecule has 1 heterocycles. The van der Waals surface area contributed by atoms with Gasteiger partial charge in [-0.3, -0.25) is 9.97 Å². The summed E-state index contributed by atoms with van der Waals surface area (Å²) in [6.07, 6.45) is 3.11. The van der Waals surface area contributed by atoms with Crippen LogP contribution in [0.5, 0.6) is 0 Å².